The SMILES string of the molecule is CCSc1ccc(-c2nc(CC)c(Br)c(NC)n2)cc1. The Morgan fingerprint density at radius 1 is 1.15 bits per heavy atom. The Bertz CT molecular complexity index is 559. The molecule has 0 spiro atoms. The molecule has 0 fully saturated rings. The molecular formula is C15H18BrN3S. The smallest absolute Gasteiger partial charge is 0.161 e. The van der Waals surface area contributed by atoms with Gasteiger partial charge >= 0.3 is 0 Å². The van der Waals surface area contributed by atoms with Gasteiger partial charge in [-0.15, -0.1) is 11.8 Å². The van der Waals surface area contributed by atoms with Gasteiger partial charge < -0.3 is 5.32 Å². The van der Waals surface area contributed by atoms with Crippen LogP contribution in [0.5, 0.6) is 0 Å². The van der Waals surface area contributed by atoms with Crippen molar-refractivity contribution in [2.45, 2.75) is 25.2 Å². The van der Waals surface area contributed by atoms with Crippen LogP contribution < -0.4 is 5.32 Å². The third-order valence-corrected chi connectivity index (χ3v) is 4.64. The zero-order chi connectivity index (χ0) is 14.5. The summed E-state index contributed by atoms with van der Waals surface area (Å²) < 4.78 is 0.949. The first kappa shape index (κ1) is 15.3. The average Bonchev–Trinajstić information content (AvgIpc) is 2.49. The van der Waals surface area contributed by atoms with E-state index in [9.17, 15) is 0 Å². The molecule has 2 rings (SSSR count). The summed E-state index contributed by atoms with van der Waals surface area (Å²) in [4.78, 5) is 10.5. The van der Waals surface area contributed by atoms with E-state index in [1.54, 1.807) is 0 Å². The molecule has 1 aromatic carbocycles. The number of nitrogens with zero attached hydrogens (tertiary/aromatic N) is 2. The second-order valence-electron chi connectivity index (χ2n) is 4.22. The van der Waals surface area contributed by atoms with Crippen molar-refractivity contribution < 1.29 is 0 Å². The van der Waals surface area contributed by atoms with Gasteiger partial charge in [0.25, 0.3) is 0 Å². The number of nitrogens with one attached hydrogen (secondary N) is 1. The van der Waals surface area contributed by atoms with Gasteiger partial charge in [0.2, 0.25) is 0 Å². The summed E-state index contributed by atoms with van der Waals surface area (Å²) in [6.07, 6.45) is 0.870. The number of aryl methyl sites for hydroxylation is 1. The minimum absolute atomic E-state index is 0.766. The third-order valence-electron chi connectivity index (χ3n) is 2.92. The van der Waals surface area contributed by atoms with Crippen molar-refractivity contribution in [3.63, 3.8) is 0 Å². The van der Waals surface area contributed by atoms with E-state index in [2.05, 4.69) is 69.3 Å². The molecule has 2 aromatic rings. The molecule has 106 valence electrons. The fraction of sp³-hybridized carbons (Fsp3) is 0.333. The highest BCUT2D eigenvalue weighted by Gasteiger charge is 2.11. The maximum absolute atomic E-state index is 4.64. The Labute approximate surface area is 132 Å². The Morgan fingerprint density at radius 3 is 2.40 bits per heavy atom. The first-order valence-electron chi connectivity index (χ1n) is 6.67. The number of aromatic nitrogens is 2. The van der Waals surface area contributed by atoms with Crippen LogP contribution in [-0.2, 0) is 6.42 Å². The van der Waals surface area contributed by atoms with E-state index in [4.69, 9.17) is 0 Å². The highest BCUT2D eigenvalue weighted by Crippen LogP contribution is 2.28. The molecule has 0 radical (unpaired) electrons. The number of halogens is 1. The average molecular weight is 352 g/mol. The summed E-state index contributed by atoms with van der Waals surface area (Å²) in [5.41, 5.74) is 2.07. The minimum Gasteiger partial charge on any atom is -0.372 e. The maximum Gasteiger partial charge on any atom is 0.161 e. The van der Waals surface area contributed by atoms with E-state index < -0.39 is 0 Å². The van der Waals surface area contributed by atoms with Crippen molar-refractivity contribution in [2.75, 3.05) is 18.1 Å². The van der Waals surface area contributed by atoms with Crippen molar-refractivity contribution in [1.29, 1.82) is 0 Å². The molecule has 0 saturated heterocycles. The Hall–Kier alpha value is -1.07. The standard InChI is InChI=1S/C15H18BrN3S/c1-4-12-13(16)15(17-3)19-14(18-12)10-6-8-11(9-7-10)20-5-2/h6-9H,4-5H2,1-3H3,(H,17,18,19). The summed E-state index contributed by atoms with van der Waals surface area (Å²) in [6, 6.07) is 8.42. The fourth-order valence-electron chi connectivity index (χ4n) is 1.89. The largest absolute Gasteiger partial charge is 0.372 e. The molecule has 5 heteroatoms. The quantitative estimate of drug-likeness (QED) is 0.797. The predicted octanol–water partition coefficient (Wildman–Crippen LogP) is 4.62. The van der Waals surface area contributed by atoms with E-state index in [1.165, 1.54) is 4.90 Å². The molecule has 0 amide bonds. The van der Waals surface area contributed by atoms with Gasteiger partial charge in [-0.25, -0.2) is 9.97 Å². The second kappa shape index (κ2) is 7.09. The lowest BCUT2D eigenvalue weighted by atomic mass is 10.2. The van der Waals surface area contributed by atoms with E-state index in [0.717, 1.165) is 39.5 Å². The fourth-order valence-corrected chi connectivity index (χ4v) is 3.21. The van der Waals surface area contributed by atoms with Crippen LogP contribution in [0.3, 0.4) is 0 Å². The molecule has 1 aromatic heterocycles. The van der Waals surface area contributed by atoms with Crippen molar-refractivity contribution in [1.82, 2.24) is 9.97 Å². The molecule has 0 aliphatic heterocycles. The minimum atomic E-state index is 0.766. The molecule has 0 bridgehead atoms. The number of thioether (sulfide) groups is 1. The summed E-state index contributed by atoms with van der Waals surface area (Å²) >= 11 is 5.39. The number of benzene rings is 1. The van der Waals surface area contributed by atoms with E-state index >= 15 is 0 Å². The maximum atomic E-state index is 4.64. The lowest BCUT2D eigenvalue weighted by Crippen LogP contribution is -2.02. The Balaban J connectivity index is 2.41. The third kappa shape index (κ3) is 3.33. The summed E-state index contributed by atoms with van der Waals surface area (Å²) in [5, 5.41) is 3.11. The molecule has 0 saturated carbocycles. The molecular weight excluding hydrogens is 334 g/mol. The first-order valence-corrected chi connectivity index (χ1v) is 8.44. The molecule has 0 aliphatic rings. The van der Waals surface area contributed by atoms with Crippen LogP contribution in [0.4, 0.5) is 5.82 Å². The molecule has 1 N–H and O–H groups in total. The first-order chi connectivity index (χ1) is 9.69. The van der Waals surface area contributed by atoms with Crippen molar-refractivity contribution in [3.8, 4) is 11.4 Å². The van der Waals surface area contributed by atoms with Crippen molar-refractivity contribution >= 4 is 33.5 Å². The molecule has 0 aliphatic carbocycles. The highest BCUT2D eigenvalue weighted by molar-refractivity contribution is 9.10. The summed E-state index contributed by atoms with van der Waals surface area (Å²) in [6.45, 7) is 4.25. The lowest BCUT2D eigenvalue weighted by Gasteiger charge is -2.10. The summed E-state index contributed by atoms with van der Waals surface area (Å²) in [5.74, 6) is 2.68. The van der Waals surface area contributed by atoms with Gasteiger partial charge in [0.1, 0.15) is 5.82 Å². The number of rotatable bonds is 5. The van der Waals surface area contributed by atoms with E-state index in [1.807, 2.05) is 18.8 Å². The topological polar surface area (TPSA) is 37.8 Å². The van der Waals surface area contributed by atoms with Gasteiger partial charge in [0.15, 0.2) is 5.82 Å². The van der Waals surface area contributed by atoms with Crippen molar-refractivity contribution in [2.24, 2.45) is 0 Å². The van der Waals surface area contributed by atoms with E-state index in [-0.39, 0.29) is 0 Å². The van der Waals surface area contributed by atoms with Crippen LogP contribution in [0.2, 0.25) is 0 Å². The van der Waals surface area contributed by atoms with Gasteiger partial charge in [-0.1, -0.05) is 26.0 Å². The zero-order valence-electron chi connectivity index (χ0n) is 11.9. The van der Waals surface area contributed by atoms with Crippen LogP contribution in [0.1, 0.15) is 19.5 Å². The number of anilines is 1. The van der Waals surface area contributed by atoms with Gasteiger partial charge in [-0.05, 0) is 40.2 Å². The molecule has 1 heterocycles. The second-order valence-corrected chi connectivity index (χ2v) is 6.35. The molecule has 0 atom stereocenters. The molecule has 20 heavy (non-hydrogen) atoms. The van der Waals surface area contributed by atoms with Crippen LogP contribution in [0.25, 0.3) is 11.4 Å². The van der Waals surface area contributed by atoms with Crippen LogP contribution in [0.15, 0.2) is 33.6 Å². The lowest BCUT2D eigenvalue weighted by molar-refractivity contribution is 0.991. The normalized spacial score (nSPS) is 10.6. The zero-order valence-corrected chi connectivity index (χ0v) is 14.3. The Morgan fingerprint density at radius 2 is 1.85 bits per heavy atom. The van der Waals surface area contributed by atoms with Gasteiger partial charge in [0, 0.05) is 17.5 Å². The Kier molecular flexibility index (Phi) is 5.43. The van der Waals surface area contributed by atoms with Crippen LogP contribution in [0, 0.1) is 0 Å². The summed E-state index contributed by atoms with van der Waals surface area (Å²) in [7, 11) is 1.87. The number of hydrogen-bond acceptors (Lipinski definition) is 4. The van der Waals surface area contributed by atoms with Crippen LogP contribution in [-0.4, -0.2) is 22.8 Å². The van der Waals surface area contributed by atoms with Gasteiger partial charge in [-0.3, -0.25) is 0 Å². The molecule has 3 nitrogen and oxygen atoms in total. The predicted molar refractivity (Wildman–Crippen MR) is 90.5 cm³/mol. The highest BCUT2D eigenvalue weighted by atomic mass is 79.9. The van der Waals surface area contributed by atoms with E-state index in [0.29, 0.717) is 0 Å². The van der Waals surface area contributed by atoms with Gasteiger partial charge in [-0.2, -0.15) is 0 Å². The van der Waals surface area contributed by atoms with Crippen molar-refractivity contribution in [3.05, 3.63) is 34.4 Å². The molecule has 0 unspecified atom stereocenters. The van der Waals surface area contributed by atoms with Crippen LogP contribution >= 0.6 is 27.7 Å². The van der Waals surface area contributed by atoms with Gasteiger partial charge in [0.05, 0.1) is 10.2 Å². The monoisotopic (exact) mass is 351 g/mol. The number of hydrogen-bond donors (Lipinski definition) is 1.